The number of nitrogens with one attached hydrogen (secondary N) is 1. The number of aryl methyl sites for hydroxylation is 1. The Morgan fingerprint density at radius 1 is 0.743 bits per heavy atom. The van der Waals surface area contributed by atoms with Gasteiger partial charge in [0.25, 0.3) is 11.8 Å². The topological polar surface area (TPSA) is 55.9 Å². The lowest BCUT2D eigenvalue weighted by Crippen LogP contribution is -2.46. The second kappa shape index (κ2) is 9.76. The molecule has 1 N–H and O–H groups in total. The number of nitrogens with zero attached hydrogens (tertiary/aromatic N) is 3. The normalized spacial score (nSPS) is 16.9. The molecule has 35 heavy (non-hydrogen) atoms. The van der Waals surface area contributed by atoms with Crippen LogP contribution >= 0.6 is 0 Å². The number of piperazine rings is 1. The van der Waals surface area contributed by atoms with Crippen LogP contribution in [0.15, 0.2) is 84.6 Å². The van der Waals surface area contributed by atoms with Gasteiger partial charge < -0.3 is 15.1 Å². The SMILES string of the molecule is CCN1CCN(c2ccc(NC3=C(c4ccc(C)cc4)C(=O)N(c4ccccc4)C3=O)cc2)CC1. The van der Waals surface area contributed by atoms with Crippen LogP contribution in [-0.4, -0.2) is 49.4 Å². The highest BCUT2D eigenvalue weighted by Gasteiger charge is 2.40. The molecule has 6 heteroatoms. The van der Waals surface area contributed by atoms with Gasteiger partial charge in [-0.05, 0) is 55.4 Å². The largest absolute Gasteiger partial charge is 0.369 e. The quantitative estimate of drug-likeness (QED) is 0.541. The van der Waals surface area contributed by atoms with Crippen LogP contribution in [0, 0.1) is 6.92 Å². The molecule has 6 nitrogen and oxygen atoms in total. The van der Waals surface area contributed by atoms with Gasteiger partial charge in [0, 0.05) is 37.6 Å². The van der Waals surface area contributed by atoms with Gasteiger partial charge in [0.1, 0.15) is 5.70 Å². The Morgan fingerprint density at radius 3 is 2.03 bits per heavy atom. The van der Waals surface area contributed by atoms with Gasteiger partial charge in [-0.3, -0.25) is 9.59 Å². The molecule has 0 bridgehead atoms. The first kappa shape index (κ1) is 22.9. The van der Waals surface area contributed by atoms with Crippen molar-refractivity contribution in [3.63, 3.8) is 0 Å². The van der Waals surface area contributed by atoms with Crippen LogP contribution in [0.5, 0.6) is 0 Å². The van der Waals surface area contributed by atoms with Crippen LogP contribution in [0.4, 0.5) is 17.1 Å². The number of hydrogen-bond donors (Lipinski definition) is 1. The van der Waals surface area contributed by atoms with Gasteiger partial charge in [0.15, 0.2) is 0 Å². The molecular formula is C29H30N4O2. The van der Waals surface area contributed by atoms with Crippen LogP contribution < -0.4 is 15.1 Å². The third-order valence-electron chi connectivity index (χ3n) is 6.76. The molecule has 0 saturated carbocycles. The summed E-state index contributed by atoms with van der Waals surface area (Å²) in [6.07, 6.45) is 0. The summed E-state index contributed by atoms with van der Waals surface area (Å²) in [4.78, 5) is 33.1. The van der Waals surface area contributed by atoms with E-state index < -0.39 is 0 Å². The molecule has 0 atom stereocenters. The lowest BCUT2D eigenvalue weighted by Gasteiger charge is -2.35. The zero-order valence-corrected chi connectivity index (χ0v) is 20.2. The van der Waals surface area contributed by atoms with Gasteiger partial charge in [-0.2, -0.15) is 0 Å². The van der Waals surface area contributed by atoms with E-state index in [0.29, 0.717) is 17.0 Å². The first-order chi connectivity index (χ1) is 17.0. The molecule has 2 aliphatic heterocycles. The van der Waals surface area contributed by atoms with E-state index in [1.165, 1.54) is 10.6 Å². The molecule has 0 aromatic heterocycles. The predicted octanol–water partition coefficient (Wildman–Crippen LogP) is 4.53. The molecule has 2 amide bonds. The van der Waals surface area contributed by atoms with E-state index >= 15 is 0 Å². The van der Waals surface area contributed by atoms with Crippen molar-refractivity contribution in [3.05, 3.63) is 95.7 Å². The van der Waals surface area contributed by atoms with Crippen molar-refractivity contribution in [2.24, 2.45) is 0 Å². The van der Waals surface area contributed by atoms with Crippen molar-refractivity contribution in [3.8, 4) is 0 Å². The van der Waals surface area contributed by atoms with Gasteiger partial charge >= 0.3 is 0 Å². The summed E-state index contributed by atoms with van der Waals surface area (Å²) in [6.45, 7) is 9.42. The molecule has 5 rings (SSSR count). The van der Waals surface area contributed by atoms with Crippen molar-refractivity contribution in [2.75, 3.05) is 47.8 Å². The summed E-state index contributed by atoms with van der Waals surface area (Å²) in [5.74, 6) is -0.672. The predicted molar refractivity (Wildman–Crippen MR) is 141 cm³/mol. The lowest BCUT2D eigenvalue weighted by atomic mass is 10.0. The standard InChI is InChI=1S/C29H30N4O2/c1-3-31-17-19-32(20-18-31)24-15-13-23(14-16-24)30-27-26(22-11-9-21(2)10-12-22)28(34)33(29(27)35)25-7-5-4-6-8-25/h4-16,30H,3,17-20H2,1-2H3. The van der Waals surface area contributed by atoms with E-state index in [1.807, 2.05) is 61.5 Å². The summed E-state index contributed by atoms with van der Waals surface area (Å²) in [7, 11) is 0. The van der Waals surface area contributed by atoms with E-state index in [-0.39, 0.29) is 11.8 Å². The number of rotatable bonds is 6. The van der Waals surface area contributed by atoms with Crippen LogP contribution in [0.1, 0.15) is 18.1 Å². The summed E-state index contributed by atoms with van der Waals surface area (Å²) in [5.41, 5.74) is 5.00. The van der Waals surface area contributed by atoms with E-state index in [0.717, 1.165) is 49.5 Å². The average molecular weight is 467 g/mol. The molecule has 0 aliphatic carbocycles. The van der Waals surface area contributed by atoms with Gasteiger partial charge in [0.2, 0.25) is 0 Å². The van der Waals surface area contributed by atoms with Crippen LogP contribution in [0.25, 0.3) is 5.57 Å². The molecule has 1 saturated heterocycles. The highest BCUT2D eigenvalue weighted by Crippen LogP contribution is 2.34. The van der Waals surface area contributed by atoms with Gasteiger partial charge in [-0.1, -0.05) is 55.0 Å². The Bertz CT molecular complexity index is 1240. The highest BCUT2D eigenvalue weighted by molar-refractivity contribution is 6.46. The number of carbonyl (C=O) groups excluding carboxylic acids is 2. The van der Waals surface area contributed by atoms with Crippen molar-refractivity contribution in [1.29, 1.82) is 0 Å². The number of hydrogen-bond acceptors (Lipinski definition) is 5. The zero-order valence-electron chi connectivity index (χ0n) is 20.2. The molecule has 178 valence electrons. The summed E-state index contributed by atoms with van der Waals surface area (Å²) in [5, 5.41) is 3.27. The van der Waals surface area contributed by atoms with Crippen LogP contribution in [0.2, 0.25) is 0 Å². The number of para-hydroxylation sites is 1. The molecule has 0 spiro atoms. The molecule has 3 aromatic carbocycles. The second-order valence-corrected chi connectivity index (χ2v) is 8.99. The maximum absolute atomic E-state index is 13.5. The third kappa shape index (κ3) is 4.57. The second-order valence-electron chi connectivity index (χ2n) is 8.99. The van der Waals surface area contributed by atoms with E-state index in [9.17, 15) is 9.59 Å². The molecule has 0 radical (unpaired) electrons. The van der Waals surface area contributed by atoms with E-state index in [1.54, 1.807) is 12.1 Å². The van der Waals surface area contributed by atoms with Crippen molar-refractivity contribution in [2.45, 2.75) is 13.8 Å². The minimum Gasteiger partial charge on any atom is -0.369 e. The summed E-state index contributed by atoms with van der Waals surface area (Å²) >= 11 is 0. The van der Waals surface area contributed by atoms with Gasteiger partial charge in [0.05, 0.1) is 11.3 Å². The Kier molecular flexibility index (Phi) is 6.38. The summed E-state index contributed by atoms with van der Waals surface area (Å²) in [6, 6.07) is 24.9. The maximum Gasteiger partial charge on any atom is 0.282 e. The fraction of sp³-hybridized carbons (Fsp3) is 0.241. The molecule has 2 heterocycles. The first-order valence-electron chi connectivity index (χ1n) is 12.1. The fourth-order valence-electron chi connectivity index (χ4n) is 4.67. The number of likely N-dealkylation sites (N-methyl/N-ethyl adjacent to an activating group) is 1. The monoisotopic (exact) mass is 466 g/mol. The van der Waals surface area contributed by atoms with Crippen LogP contribution in [0.3, 0.4) is 0 Å². The Balaban J connectivity index is 1.44. The molecule has 2 aliphatic rings. The highest BCUT2D eigenvalue weighted by atomic mass is 16.2. The smallest absolute Gasteiger partial charge is 0.282 e. The third-order valence-corrected chi connectivity index (χ3v) is 6.76. The summed E-state index contributed by atoms with van der Waals surface area (Å²) < 4.78 is 0. The van der Waals surface area contributed by atoms with Crippen LogP contribution in [-0.2, 0) is 9.59 Å². The van der Waals surface area contributed by atoms with Gasteiger partial charge in [-0.25, -0.2) is 4.90 Å². The number of benzene rings is 3. The number of anilines is 3. The molecular weight excluding hydrogens is 436 g/mol. The van der Waals surface area contributed by atoms with Crippen molar-refractivity contribution >= 4 is 34.4 Å². The van der Waals surface area contributed by atoms with Crippen molar-refractivity contribution in [1.82, 2.24) is 4.90 Å². The Morgan fingerprint density at radius 2 is 1.40 bits per heavy atom. The minimum atomic E-state index is -0.350. The Hall–Kier alpha value is -3.90. The number of imide groups is 1. The first-order valence-corrected chi connectivity index (χ1v) is 12.1. The number of amides is 2. The fourth-order valence-corrected chi connectivity index (χ4v) is 4.67. The minimum absolute atomic E-state index is 0.298. The molecule has 1 fully saturated rings. The average Bonchev–Trinajstić information content (AvgIpc) is 3.14. The lowest BCUT2D eigenvalue weighted by molar-refractivity contribution is -0.120. The molecule has 3 aromatic rings. The van der Waals surface area contributed by atoms with Gasteiger partial charge in [-0.15, -0.1) is 0 Å². The molecule has 0 unspecified atom stereocenters. The Labute approximate surface area is 206 Å². The van der Waals surface area contributed by atoms with Crippen molar-refractivity contribution < 1.29 is 9.59 Å². The van der Waals surface area contributed by atoms with E-state index in [4.69, 9.17) is 0 Å². The zero-order chi connectivity index (χ0) is 24.4. The maximum atomic E-state index is 13.5. The number of carbonyl (C=O) groups is 2. The van der Waals surface area contributed by atoms with E-state index in [2.05, 4.69) is 34.2 Å².